The Labute approximate surface area is 81.1 Å². The van der Waals surface area contributed by atoms with Gasteiger partial charge in [-0.2, -0.15) is 0 Å². The summed E-state index contributed by atoms with van der Waals surface area (Å²) in [6.07, 6.45) is 1.26. The molecule has 72 valence electrons. The van der Waals surface area contributed by atoms with Crippen molar-refractivity contribution in [3.8, 4) is 0 Å². The molecule has 1 aromatic rings. The van der Waals surface area contributed by atoms with E-state index >= 15 is 0 Å². The first-order chi connectivity index (χ1) is 6.06. The Morgan fingerprint density at radius 2 is 2.15 bits per heavy atom. The molecule has 0 aliphatic rings. The van der Waals surface area contributed by atoms with Crippen LogP contribution < -0.4 is 0 Å². The minimum atomic E-state index is -3.45. The smallest absolute Gasteiger partial charge is 0.197 e. The summed E-state index contributed by atoms with van der Waals surface area (Å²) in [6, 6.07) is 2.76. The molecule has 0 aliphatic heterocycles. The van der Waals surface area contributed by atoms with Crippen LogP contribution in [0.15, 0.2) is 23.4 Å². The van der Waals surface area contributed by atoms with E-state index in [1.54, 1.807) is 0 Å². The maximum absolute atomic E-state index is 11.3. The van der Waals surface area contributed by atoms with E-state index in [2.05, 4.69) is 4.98 Å². The molecule has 1 aromatic heterocycles. The summed E-state index contributed by atoms with van der Waals surface area (Å²) in [7, 11) is -3.45. The van der Waals surface area contributed by atoms with Crippen molar-refractivity contribution in [2.75, 3.05) is 12.4 Å². The second kappa shape index (κ2) is 4.04. The van der Waals surface area contributed by atoms with Gasteiger partial charge in [-0.15, -0.1) is 0 Å². The molecule has 0 fully saturated rings. The van der Waals surface area contributed by atoms with Crippen molar-refractivity contribution < 1.29 is 13.5 Å². The molecule has 0 amide bonds. The molecule has 1 N–H and O–H groups in total. The highest BCUT2D eigenvalue weighted by Gasteiger charge is 2.14. The molecule has 0 radical (unpaired) electrons. The normalized spacial score (nSPS) is 11.5. The zero-order valence-electron chi connectivity index (χ0n) is 6.64. The van der Waals surface area contributed by atoms with E-state index in [4.69, 9.17) is 16.7 Å². The van der Waals surface area contributed by atoms with Gasteiger partial charge in [0, 0.05) is 6.20 Å². The summed E-state index contributed by atoms with van der Waals surface area (Å²) in [5.74, 6) is -0.318. The van der Waals surface area contributed by atoms with Crippen LogP contribution in [0, 0.1) is 0 Å². The Hall–Kier alpha value is -0.650. The lowest BCUT2D eigenvalue weighted by Gasteiger charge is -2.00. The van der Waals surface area contributed by atoms with Crippen molar-refractivity contribution in [2.45, 2.75) is 5.03 Å². The number of nitrogens with zero attached hydrogens (tertiary/aromatic N) is 1. The van der Waals surface area contributed by atoms with Gasteiger partial charge in [0.15, 0.2) is 14.9 Å². The molecular formula is C7H8ClNO3S. The highest BCUT2D eigenvalue weighted by atomic mass is 35.5. The van der Waals surface area contributed by atoms with Gasteiger partial charge < -0.3 is 5.11 Å². The zero-order chi connectivity index (χ0) is 9.90. The third-order valence-electron chi connectivity index (χ3n) is 1.38. The van der Waals surface area contributed by atoms with Gasteiger partial charge in [0.1, 0.15) is 0 Å². The summed E-state index contributed by atoms with van der Waals surface area (Å²) < 4.78 is 22.6. The number of pyridine rings is 1. The molecule has 0 spiro atoms. The molecule has 13 heavy (non-hydrogen) atoms. The van der Waals surface area contributed by atoms with Crippen molar-refractivity contribution in [1.29, 1.82) is 0 Å². The Kier molecular flexibility index (Phi) is 3.24. The fourth-order valence-electron chi connectivity index (χ4n) is 0.771. The maximum Gasteiger partial charge on any atom is 0.197 e. The summed E-state index contributed by atoms with van der Waals surface area (Å²) >= 11 is 5.53. The van der Waals surface area contributed by atoms with E-state index in [0.29, 0.717) is 5.02 Å². The molecule has 0 aliphatic carbocycles. The van der Waals surface area contributed by atoms with Crippen LogP contribution in [0.5, 0.6) is 0 Å². The van der Waals surface area contributed by atoms with Gasteiger partial charge in [0.2, 0.25) is 0 Å². The van der Waals surface area contributed by atoms with Crippen LogP contribution in [0.4, 0.5) is 0 Å². The number of sulfone groups is 1. The fourth-order valence-corrected chi connectivity index (χ4v) is 1.82. The standard InChI is InChI=1S/C7H8ClNO3S/c8-6-1-2-7(9-5-6)13(11,12)4-3-10/h1-2,5,10H,3-4H2. The van der Waals surface area contributed by atoms with E-state index in [9.17, 15) is 8.42 Å². The number of halogens is 1. The van der Waals surface area contributed by atoms with Crippen molar-refractivity contribution in [1.82, 2.24) is 4.98 Å². The van der Waals surface area contributed by atoms with Gasteiger partial charge in [-0.3, -0.25) is 0 Å². The van der Waals surface area contributed by atoms with Gasteiger partial charge in [-0.05, 0) is 12.1 Å². The Bertz CT molecular complexity index is 373. The minimum Gasteiger partial charge on any atom is -0.395 e. The molecule has 0 unspecified atom stereocenters. The van der Waals surface area contributed by atoms with Gasteiger partial charge in [-0.1, -0.05) is 11.6 Å². The number of rotatable bonds is 3. The number of aliphatic hydroxyl groups excluding tert-OH is 1. The van der Waals surface area contributed by atoms with Crippen LogP contribution >= 0.6 is 11.6 Å². The van der Waals surface area contributed by atoms with Crippen LogP contribution in [-0.2, 0) is 9.84 Å². The summed E-state index contributed by atoms with van der Waals surface area (Å²) in [6.45, 7) is -0.410. The molecule has 1 rings (SSSR count). The first kappa shape index (κ1) is 10.4. The van der Waals surface area contributed by atoms with Gasteiger partial charge in [0.25, 0.3) is 0 Å². The first-order valence-corrected chi connectivity index (χ1v) is 5.54. The third kappa shape index (κ3) is 2.65. The van der Waals surface area contributed by atoms with E-state index in [1.165, 1.54) is 18.3 Å². The minimum absolute atomic E-state index is 0.0639. The number of aliphatic hydroxyl groups is 1. The third-order valence-corrected chi connectivity index (χ3v) is 3.20. The summed E-state index contributed by atoms with van der Waals surface area (Å²) in [5.41, 5.74) is 0. The summed E-state index contributed by atoms with van der Waals surface area (Å²) in [4.78, 5) is 3.64. The average Bonchev–Trinajstić information content (AvgIpc) is 2.05. The van der Waals surface area contributed by atoms with Crippen molar-refractivity contribution >= 4 is 21.4 Å². The Morgan fingerprint density at radius 1 is 1.46 bits per heavy atom. The predicted octanol–water partition coefficient (Wildman–Crippen LogP) is 0.501. The highest BCUT2D eigenvalue weighted by molar-refractivity contribution is 7.91. The quantitative estimate of drug-likeness (QED) is 0.807. The second-order valence-corrected chi connectivity index (χ2v) is 4.85. The van der Waals surface area contributed by atoms with Crippen LogP contribution in [-0.4, -0.2) is 30.9 Å². The zero-order valence-corrected chi connectivity index (χ0v) is 8.22. The first-order valence-electron chi connectivity index (χ1n) is 3.51. The lowest BCUT2D eigenvalue weighted by atomic mass is 10.5. The largest absolute Gasteiger partial charge is 0.395 e. The molecule has 6 heteroatoms. The topological polar surface area (TPSA) is 67.3 Å². The lowest BCUT2D eigenvalue weighted by molar-refractivity contribution is 0.319. The van der Waals surface area contributed by atoms with Crippen molar-refractivity contribution in [3.05, 3.63) is 23.4 Å². The monoisotopic (exact) mass is 221 g/mol. The van der Waals surface area contributed by atoms with E-state index in [0.717, 1.165) is 0 Å². The van der Waals surface area contributed by atoms with E-state index < -0.39 is 16.4 Å². The van der Waals surface area contributed by atoms with Gasteiger partial charge in [0.05, 0.1) is 17.4 Å². The SMILES string of the molecule is O=S(=O)(CCO)c1ccc(Cl)cn1. The number of hydrogen-bond acceptors (Lipinski definition) is 4. The number of aromatic nitrogens is 1. The highest BCUT2D eigenvalue weighted by Crippen LogP contribution is 2.11. The lowest BCUT2D eigenvalue weighted by Crippen LogP contribution is -2.11. The molecule has 4 nitrogen and oxygen atoms in total. The van der Waals surface area contributed by atoms with Gasteiger partial charge in [-0.25, -0.2) is 13.4 Å². The van der Waals surface area contributed by atoms with Crippen molar-refractivity contribution in [3.63, 3.8) is 0 Å². The second-order valence-electron chi connectivity index (χ2n) is 2.36. The van der Waals surface area contributed by atoms with E-state index in [1.807, 2.05) is 0 Å². The molecular weight excluding hydrogens is 214 g/mol. The van der Waals surface area contributed by atoms with Crippen LogP contribution in [0.1, 0.15) is 0 Å². The summed E-state index contributed by atoms with van der Waals surface area (Å²) in [5, 5.41) is 8.80. The maximum atomic E-state index is 11.3. The molecule has 0 aromatic carbocycles. The fraction of sp³-hybridized carbons (Fsp3) is 0.286. The average molecular weight is 222 g/mol. The molecule has 0 atom stereocenters. The molecule has 0 bridgehead atoms. The van der Waals surface area contributed by atoms with Crippen molar-refractivity contribution in [2.24, 2.45) is 0 Å². The Morgan fingerprint density at radius 3 is 2.62 bits per heavy atom. The molecule has 1 heterocycles. The van der Waals surface area contributed by atoms with E-state index in [-0.39, 0.29) is 10.8 Å². The van der Waals surface area contributed by atoms with Gasteiger partial charge >= 0.3 is 0 Å². The predicted molar refractivity (Wildman–Crippen MR) is 48.4 cm³/mol. The van der Waals surface area contributed by atoms with Crippen LogP contribution in [0.3, 0.4) is 0 Å². The molecule has 0 saturated heterocycles. The van der Waals surface area contributed by atoms with Crippen LogP contribution in [0.25, 0.3) is 0 Å². The molecule has 0 saturated carbocycles. The number of hydrogen-bond donors (Lipinski definition) is 1. The van der Waals surface area contributed by atoms with Crippen LogP contribution in [0.2, 0.25) is 5.02 Å². The Balaban J connectivity index is 3.02.